The second-order valence-electron chi connectivity index (χ2n) is 7.38. The van der Waals surface area contributed by atoms with E-state index in [9.17, 15) is 9.90 Å². The predicted molar refractivity (Wildman–Crippen MR) is 119 cm³/mol. The molecule has 0 atom stereocenters. The Hall–Kier alpha value is -3.11. The van der Waals surface area contributed by atoms with E-state index < -0.39 is 5.97 Å². The molecule has 2 aromatic carbocycles. The lowest BCUT2D eigenvalue weighted by atomic mass is 9.98. The number of aromatic nitrogens is 1. The summed E-state index contributed by atoms with van der Waals surface area (Å²) in [4.78, 5) is 15.7. The van der Waals surface area contributed by atoms with Crippen LogP contribution < -0.4 is 4.74 Å². The quantitative estimate of drug-likeness (QED) is 0.501. The van der Waals surface area contributed by atoms with Gasteiger partial charge in [0.2, 0.25) is 0 Å². The molecule has 0 aliphatic heterocycles. The van der Waals surface area contributed by atoms with Gasteiger partial charge in [-0.25, -0.2) is 9.78 Å². The van der Waals surface area contributed by atoms with E-state index in [1.165, 1.54) is 11.6 Å². The molecule has 0 bridgehead atoms. The van der Waals surface area contributed by atoms with Crippen molar-refractivity contribution in [1.29, 1.82) is 0 Å². The van der Waals surface area contributed by atoms with Gasteiger partial charge in [0.15, 0.2) is 0 Å². The molecule has 0 spiro atoms. The first-order valence-corrected chi connectivity index (χ1v) is 10.3. The number of hydrogen-bond donors (Lipinski definition) is 1. The number of rotatable bonds is 6. The van der Waals surface area contributed by atoms with E-state index in [2.05, 4.69) is 24.0 Å². The zero-order chi connectivity index (χ0) is 21.1. The van der Waals surface area contributed by atoms with Crippen molar-refractivity contribution in [1.82, 2.24) is 4.98 Å². The van der Waals surface area contributed by atoms with Gasteiger partial charge in [-0.2, -0.15) is 0 Å². The van der Waals surface area contributed by atoms with Crippen LogP contribution in [0.4, 0.5) is 0 Å². The molecule has 3 aromatic rings. The van der Waals surface area contributed by atoms with Crippen LogP contribution in [0.15, 0.2) is 60.7 Å². The summed E-state index contributed by atoms with van der Waals surface area (Å²) in [7, 11) is 0. The van der Waals surface area contributed by atoms with E-state index in [-0.39, 0.29) is 5.69 Å². The van der Waals surface area contributed by atoms with Crippen molar-refractivity contribution in [3.05, 3.63) is 93.8 Å². The molecule has 0 saturated heterocycles. The number of carboxylic acid groups (broad SMARTS) is 1. The van der Waals surface area contributed by atoms with Crippen LogP contribution in [-0.2, 0) is 6.61 Å². The van der Waals surface area contributed by atoms with E-state index in [0.29, 0.717) is 17.3 Å². The summed E-state index contributed by atoms with van der Waals surface area (Å²) in [5.74, 6) is -0.256. The van der Waals surface area contributed by atoms with Gasteiger partial charge in [0.1, 0.15) is 18.1 Å². The van der Waals surface area contributed by atoms with Gasteiger partial charge in [-0.05, 0) is 78.8 Å². The number of allylic oxidation sites excluding steroid dienone is 2. The summed E-state index contributed by atoms with van der Waals surface area (Å²) in [6.07, 6.45) is 2.69. The highest BCUT2D eigenvalue weighted by molar-refractivity contribution is 6.30. The van der Waals surface area contributed by atoms with Gasteiger partial charge >= 0.3 is 5.97 Å². The zero-order valence-electron chi connectivity index (χ0n) is 16.7. The fourth-order valence-corrected chi connectivity index (χ4v) is 4.01. The van der Waals surface area contributed by atoms with Gasteiger partial charge in [0.25, 0.3) is 0 Å². The Labute approximate surface area is 180 Å². The molecule has 1 aliphatic rings. The Balaban J connectivity index is 1.72. The minimum absolute atomic E-state index is 0.0494. The van der Waals surface area contributed by atoms with E-state index >= 15 is 0 Å². The zero-order valence-corrected chi connectivity index (χ0v) is 17.4. The Morgan fingerprint density at radius 3 is 2.67 bits per heavy atom. The Kier molecular flexibility index (Phi) is 5.86. The molecule has 0 fully saturated rings. The Morgan fingerprint density at radius 1 is 1.07 bits per heavy atom. The second kappa shape index (κ2) is 8.72. The number of hydrogen-bond acceptors (Lipinski definition) is 3. The molecular weight excluding hydrogens is 398 g/mol. The second-order valence-corrected chi connectivity index (χ2v) is 7.82. The maximum Gasteiger partial charge on any atom is 0.354 e. The normalized spacial score (nSPS) is 13.5. The molecule has 1 aromatic heterocycles. The van der Waals surface area contributed by atoms with Crippen molar-refractivity contribution >= 4 is 28.7 Å². The van der Waals surface area contributed by atoms with Crippen LogP contribution in [0.25, 0.3) is 11.1 Å². The van der Waals surface area contributed by atoms with Crippen molar-refractivity contribution < 1.29 is 14.6 Å². The highest BCUT2D eigenvalue weighted by Gasteiger charge is 2.22. The number of carboxylic acids is 1. The molecule has 152 valence electrons. The summed E-state index contributed by atoms with van der Waals surface area (Å²) < 4.78 is 6.21. The highest BCUT2D eigenvalue weighted by Crippen LogP contribution is 2.43. The minimum Gasteiger partial charge on any atom is -0.488 e. The Bertz CT molecular complexity index is 1140. The molecule has 0 radical (unpaired) electrons. The fourth-order valence-electron chi connectivity index (χ4n) is 3.84. The molecule has 4 rings (SSSR count). The number of aromatic carboxylic acids is 1. The fraction of sp³-hybridized carbons (Fsp3) is 0.200. The van der Waals surface area contributed by atoms with Gasteiger partial charge in [-0.3, -0.25) is 0 Å². The summed E-state index contributed by atoms with van der Waals surface area (Å²) in [5.41, 5.74) is 6.19. The molecule has 1 N–H and O–H groups in total. The molecule has 0 saturated carbocycles. The van der Waals surface area contributed by atoms with Crippen LogP contribution in [0, 0.1) is 6.92 Å². The average molecular weight is 420 g/mol. The third-order valence-electron chi connectivity index (χ3n) is 5.41. The van der Waals surface area contributed by atoms with E-state index in [0.717, 1.165) is 47.3 Å². The van der Waals surface area contributed by atoms with Crippen LogP contribution in [0.1, 0.15) is 52.1 Å². The lowest BCUT2D eigenvalue weighted by Crippen LogP contribution is -2.03. The number of aryl methyl sites for hydroxylation is 1. The SMILES string of the molecule is Cc1ccccc1COc1ccc(Cl)cc1C1=C(c2cccc(C(=O)O)n2)CCC1. The first-order valence-electron chi connectivity index (χ1n) is 9.93. The average Bonchev–Trinajstić information content (AvgIpc) is 3.24. The molecule has 0 unspecified atom stereocenters. The van der Waals surface area contributed by atoms with Crippen molar-refractivity contribution in [2.24, 2.45) is 0 Å². The van der Waals surface area contributed by atoms with Crippen molar-refractivity contribution in [2.45, 2.75) is 32.8 Å². The molecule has 1 heterocycles. The summed E-state index contributed by atoms with van der Waals surface area (Å²) in [6.45, 7) is 2.54. The third kappa shape index (κ3) is 4.24. The summed E-state index contributed by atoms with van der Waals surface area (Å²) in [6, 6.07) is 18.9. The van der Waals surface area contributed by atoms with Gasteiger partial charge < -0.3 is 9.84 Å². The molecule has 30 heavy (non-hydrogen) atoms. The van der Waals surface area contributed by atoms with Gasteiger partial charge in [-0.1, -0.05) is 41.9 Å². The molecule has 0 amide bonds. The van der Waals surface area contributed by atoms with Crippen molar-refractivity contribution in [3.8, 4) is 5.75 Å². The maximum atomic E-state index is 11.3. The first-order chi connectivity index (χ1) is 14.5. The lowest BCUT2D eigenvalue weighted by molar-refractivity contribution is 0.0690. The third-order valence-corrected chi connectivity index (χ3v) is 5.64. The van der Waals surface area contributed by atoms with E-state index in [1.807, 2.05) is 36.4 Å². The number of halogens is 1. The van der Waals surface area contributed by atoms with Crippen LogP contribution in [0.5, 0.6) is 5.75 Å². The number of nitrogens with zero attached hydrogens (tertiary/aromatic N) is 1. The molecule has 1 aliphatic carbocycles. The van der Waals surface area contributed by atoms with E-state index in [4.69, 9.17) is 16.3 Å². The summed E-state index contributed by atoms with van der Waals surface area (Å²) in [5, 5.41) is 9.94. The van der Waals surface area contributed by atoms with Crippen molar-refractivity contribution in [2.75, 3.05) is 0 Å². The predicted octanol–water partition coefficient (Wildman–Crippen LogP) is 6.42. The Morgan fingerprint density at radius 2 is 1.87 bits per heavy atom. The molecule has 4 nitrogen and oxygen atoms in total. The minimum atomic E-state index is -1.03. The smallest absolute Gasteiger partial charge is 0.354 e. The first kappa shape index (κ1) is 20.2. The largest absolute Gasteiger partial charge is 0.488 e. The van der Waals surface area contributed by atoms with Crippen LogP contribution in [0.3, 0.4) is 0 Å². The maximum absolute atomic E-state index is 11.3. The lowest BCUT2D eigenvalue weighted by Gasteiger charge is -2.16. The summed E-state index contributed by atoms with van der Waals surface area (Å²) >= 11 is 6.33. The van der Waals surface area contributed by atoms with Crippen LogP contribution in [0.2, 0.25) is 5.02 Å². The standard InChI is InChI=1S/C25H22ClNO3/c1-16-6-2-3-7-17(16)15-30-24-13-12-18(26)14-21(24)19-8-4-9-20(19)22-10-5-11-23(27-22)25(28)29/h2-3,5-7,10-14H,4,8-9,15H2,1H3,(H,28,29). The highest BCUT2D eigenvalue weighted by atomic mass is 35.5. The monoisotopic (exact) mass is 419 g/mol. The number of pyridine rings is 1. The van der Waals surface area contributed by atoms with Crippen LogP contribution >= 0.6 is 11.6 Å². The molecular formula is C25H22ClNO3. The number of carbonyl (C=O) groups is 1. The van der Waals surface area contributed by atoms with Crippen molar-refractivity contribution in [3.63, 3.8) is 0 Å². The number of ether oxygens (including phenoxy) is 1. The van der Waals surface area contributed by atoms with Gasteiger partial charge in [0.05, 0.1) is 5.69 Å². The molecule has 5 heteroatoms. The topological polar surface area (TPSA) is 59.4 Å². The van der Waals surface area contributed by atoms with Gasteiger partial charge in [-0.15, -0.1) is 0 Å². The number of benzene rings is 2. The van der Waals surface area contributed by atoms with Gasteiger partial charge in [0, 0.05) is 10.6 Å². The van der Waals surface area contributed by atoms with E-state index in [1.54, 1.807) is 6.07 Å². The van der Waals surface area contributed by atoms with Crippen LogP contribution in [-0.4, -0.2) is 16.1 Å².